The molecule has 0 bridgehead atoms. The van der Waals surface area contributed by atoms with E-state index in [2.05, 4.69) is 38.4 Å². The lowest BCUT2D eigenvalue weighted by Gasteiger charge is -2.05. The molecule has 3 aromatic rings. The highest BCUT2D eigenvalue weighted by atomic mass is 79.9. The summed E-state index contributed by atoms with van der Waals surface area (Å²) in [7, 11) is 0. The number of hydrogen-bond acceptors (Lipinski definition) is 4. The molecule has 7 heteroatoms. The van der Waals surface area contributed by atoms with Crippen molar-refractivity contribution in [1.29, 1.82) is 0 Å². The molecule has 4 nitrogen and oxygen atoms in total. The minimum absolute atomic E-state index is 0.0801. The summed E-state index contributed by atoms with van der Waals surface area (Å²) in [6, 6.07) is 15.0. The first-order valence-corrected chi connectivity index (χ1v) is 9.44. The van der Waals surface area contributed by atoms with E-state index in [1.54, 1.807) is 30.5 Å². The molecule has 2 aromatic carbocycles. The fraction of sp³-hybridized carbons (Fsp3) is 0.111. The van der Waals surface area contributed by atoms with Gasteiger partial charge in [-0.05, 0) is 42.0 Å². The van der Waals surface area contributed by atoms with Crippen LogP contribution in [0.2, 0.25) is 5.02 Å². The van der Waals surface area contributed by atoms with Gasteiger partial charge in [0.25, 0.3) is 5.91 Å². The molecule has 0 saturated heterocycles. The van der Waals surface area contributed by atoms with Crippen molar-refractivity contribution in [2.24, 2.45) is 0 Å². The van der Waals surface area contributed by atoms with Gasteiger partial charge in [0.2, 0.25) is 0 Å². The van der Waals surface area contributed by atoms with Crippen molar-refractivity contribution in [3.63, 3.8) is 0 Å². The van der Waals surface area contributed by atoms with Gasteiger partial charge in [0, 0.05) is 27.0 Å². The highest BCUT2D eigenvalue weighted by Crippen LogP contribution is 2.22. The molecule has 0 aliphatic heterocycles. The van der Waals surface area contributed by atoms with Crippen molar-refractivity contribution < 1.29 is 9.53 Å². The summed E-state index contributed by atoms with van der Waals surface area (Å²) in [5, 5.41) is 3.94. The van der Waals surface area contributed by atoms with Gasteiger partial charge in [-0.15, -0.1) is 11.3 Å². The molecular formula is C18H14BrClN2O2S. The quantitative estimate of drug-likeness (QED) is 0.579. The smallest absolute Gasteiger partial charge is 0.264 e. The van der Waals surface area contributed by atoms with Crippen LogP contribution in [0.5, 0.6) is 5.75 Å². The van der Waals surface area contributed by atoms with Gasteiger partial charge in [0.15, 0.2) is 11.7 Å². The van der Waals surface area contributed by atoms with Gasteiger partial charge < -0.3 is 4.74 Å². The average molecular weight is 438 g/mol. The number of carbonyl (C=O) groups is 1. The molecule has 1 aromatic heterocycles. The Hall–Kier alpha value is -1.89. The van der Waals surface area contributed by atoms with Crippen molar-refractivity contribution in [3.8, 4) is 5.75 Å². The Morgan fingerprint density at radius 3 is 2.60 bits per heavy atom. The number of benzene rings is 2. The van der Waals surface area contributed by atoms with Crippen LogP contribution >= 0.6 is 38.9 Å². The van der Waals surface area contributed by atoms with Crippen molar-refractivity contribution >= 4 is 49.9 Å². The molecular weight excluding hydrogens is 424 g/mol. The summed E-state index contributed by atoms with van der Waals surface area (Å²) in [4.78, 5) is 17.3. The van der Waals surface area contributed by atoms with Gasteiger partial charge in [0.1, 0.15) is 5.75 Å². The van der Waals surface area contributed by atoms with Gasteiger partial charge in [-0.2, -0.15) is 0 Å². The van der Waals surface area contributed by atoms with Gasteiger partial charge in [-0.1, -0.05) is 39.7 Å². The van der Waals surface area contributed by atoms with Crippen LogP contribution < -0.4 is 10.1 Å². The number of nitrogens with zero attached hydrogens (tertiary/aromatic N) is 1. The third kappa shape index (κ3) is 5.56. The van der Waals surface area contributed by atoms with Crippen LogP contribution in [-0.4, -0.2) is 17.5 Å². The average Bonchev–Trinajstić information content (AvgIpc) is 3.03. The normalized spacial score (nSPS) is 10.5. The summed E-state index contributed by atoms with van der Waals surface area (Å²) in [5.74, 6) is 0.342. The van der Waals surface area contributed by atoms with Crippen molar-refractivity contribution in [3.05, 3.63) is 74.7 Å². The van der Waals surface area contributed by atoms with Gasteiger partial charge in [-0.25, -0.2) is 4.98 Å². The molecule has 0 spiro atoms. The molecule has 0 unspecified atom stereocenters. The Kier molecular flexibility index (Phi) is 6.07. The lowest BCUT2D eigenvalue weighted by atomic mass is 10.1. The van der Waals surface area contributed by atoms with Gasteiger partial charge in [-0.3, -0.25) is 10.1 Å². The number of hydrogen-bond donors (Lipinski definition) is 1. The summed E-state index contributed by atoms with van der Waals surface area (Å²) in [6.45, 7) is -0.0801. The predicted octanol–water partition coefficient (Wildman–Crippen LogP) is 5.17. The Labute approximate surface area is 162 Å². The number of ether oxygens (including phenoxy) is 1. The maximum atomic E-state index is 12.0. The van der Waals surface area contributed by atoms with Crippen LogP contribution in [0.15, 0.2) is 59.2 Å². The molecule has 128 valence electrons. The zero-order valence-electron chi connectivity index (χ0n) is 13.0. The zero-order chi connectivity index (χ0) is 17.6. The molecule has 0 atom stereocenters. The molecule has 0 aliphatic rings. The minimum Gasteiger partial charge on any atom is -0.484 e. The summed E-state index contributed by atoms with van der Waals surface area (Å²) >= 11 is 10.7. The van der Waals surface area contributed by atoms with Gasteiger partial charge in [0.05, 0.1) is 0 Å². The first-order valence-electron chi connectivity index (χ1n) is 7.46. The maximum absolute atomic E-state index is 12.0. The number of rotatable bonds is 6. The van der Waals surface area contributed by atoms with E-state index >= 15 is 0 Å². The number of aromatic nitrogens is 1. The van der Waals surface area contributed by atoms with Crippen LogP contribution in [0.1, 0.15) is 10.4 Å². The SMILES string of the molecule is O=C(COc1ccc(Cl)cc1)Nc1ncc(Cc2ccc(Br)cc2)s1. The molecule has 25 heavy (non-hydrogen) atoms. The Morgan fingerprint density at radius 2 is 1.88 bits per heavy atom. The molecule has 1 amide bonds. The third-order valence-electron chi connectivity index (χ3n) is 3.28. The van der Waals surface area contributed by atoms with E-state index in [0.29, 0.717) is 15.9 Å². The fourth-order valence-electron chi connectivity index (χ4n) is 2.09. The molecule has 1 heterocycles. The van der Waals surface area contributed by atoms with Crippen molar-refractivity contribution in [2.75, 3.05) is 11.9 Å². The van der Waals surface area contributed by atoms with Gasteiger partial charge >= 0.3 is 0 Å². The predicted molar refractivity (Wildman–Crippen MR) is 105 cm³/mol. The Morgan fingerprint density at radius 1 is 1.16 bits per heavy atom. The number of nitrogens with one attached hydrogen (secondary N) is 1. The molecule has 0 saturated carbocycles. The molecule has 3 rings (SSSR count). The van der Waals surface area contributed by atoms with Crippen LogP contribution in [0.25, 0.3) is 0 Å². The van der Waals surface area contributed by atoms with E-state index in [9.17, 15) is 4.79 Å². The largest absolute Gasteiger partial charge is 0.484 e. The fourth-order valence-corrected chi connectivity index (χ4v) is 3.34. The van der Waals surface area contributed by atoms with E-state index in [4.69, 9.17) is 16.3 Å². The molecule has 1 N–H and O–H groups in total. The number of halogens is 2. The third-order valence-corrected chi connectivity index (χ3v) is 4.97. The van der Waals surface area contributed by atoms with Crippen LogP contribution in [0.3, 0.4) is 0 Å². The van der Waals surface area contributed by atoms with Crippen LogP contribution in [0.4, 0.5) is 5.13 Å². The Bertz CT molecular complexity index is 850. The van der Waals surface area contributed by atoms with E-state index in [-0.39, 0.29) is 12.5 Å². The van der Waals surface area contributed by atoms with Crippen molar-refractivity contribution in [2.45, 2.75) is 6.42 Å². The second kappa shape index (κ2) is 8.47. The monoisotopic (exact) mass is 436 g/mol. The Balaban J connectivity index is 1.51. The molecule has 0 aliphatic carbocycles. The van der Waals surface area contributed by atoms with E-state index < -0.39 is 0 Å². The molecule has 0 radical (unpaired) electrons. The summed E-state index contributed by atoms with van der Waals surface area (Å²) in [5.41, 5.74) is 1.19. The number of amides is 1. The van der Waals surface area contributed by atoms with Crippen LogP contribution in [-0.2, 0) is 11.2 Å². The highest BCUT2D eigenvalue weighted by Gasteiger charge is 2.08. The lowest BCUT2D eigenvalue weighted by Crippen LogP contribution is -2.19. The van der Waals surface area contributed by atoms with E-state index in [1.165, 1.54) is 16.9 Å². The van der Waals surface area contributed by atoms with E-state index in [0.717, 1.165) is 15.8 Å². The summed E-state index contributed by atoms with van der Waals surface area (Å²) in [6.07, 6.45) is 2.56. The topological polar surface area (TPSA) is 51.2 Å². The maximum Gasteiger partial charge on any atom is 0.264 e. The standard InChI is InChI=1S/C18H14BrClN2O2S/c19-13-3-1-12(2-4-13)9-16-10-21-18(25-16)22-17(23)11-24-15-7-5-14(20)6-8-15/h1-8,10H,9,11H2,(H,21,22,23). The number of carbonyl (C=O) groups excluding carboxylic acids is 1. The second-order valence-corrected chi connectivity index (χ2v) is 7.69. The number of thiazole rings is 1. The lowest BCUT2D eigenvalue weighted by molar-refractivity contribution is -0.118. The second-order valence-electron chi connectivity index (χ2n) is 5.23. The zero-order valence-corrected chi connectivity index (χ0v) is 16.2. The minimum atomic E-state index is -0.250. The van der Waals surface area contributed by atoms with Crippen molar-refractivity contribution in [1.82, 2.24) is 4.98 Å². The molecule has 0 fully saturated rings. The highest BCUT2D eigenvalue weighted by molar-refractivity contribution is 9.10. The first-order chi connectivity index (χ1) is 12.1. The van der Waals surface area contributed by atoms with E-state index in [1.807, 2.05) is 12.1 Å². The first kappa shape index (κ1) is 17.9. The van der Waals surface area contributed by atoms with Crippen LogP contribution in [0, 0.1) is 0 Å². The summed E-state index contributed by atoms with van der Waals surface area (Å²) < 4.78 is 6.46. The number of anilines is 1.